The van der Waals surface area contributed by atoms with Crippen molar-refractivity contribution in [1.29, 1.82) is 0 Å². The molecule has 0 aliphatic rings. The van der Waals surface area contributed by atoms with Crippen LogP contribution in [0.1, 0.15) is 24.5 Å². The second-order valence-electron chi connectivity index (χ2n) is 7.18. The van der Waals surface area contributed by atoms with E-state index in [2.05, 4.69) is 15.5 Å². The van der Waals surface area contributed by atoms with Crippen LogP contribution in [0.2, 0.25) is 5.02 Å². The van der Waals surface area contributed by atoms with Crippen molar-refractivity contribution in [3.63, 3.8) is 0 Å². The molecule has 1 amide bonds. The number of benzene rings is 2. The topological polar surface area (TPSA) is 92.3 Å². The molecule has 0 aliphatic heterocycles. The highest BCUT2D eigenvalue weighted by Gasteiger charge is 2.33. The molecule has 3 aromatic rings. The molecule has 31 heavy (non-hydrogen) atoms. The van der Waals surface area contributed by atoms with E-state index < -0.39 is 22.0 Å². The summed E-state index contributed by atoms with van der Waals surface area (Å²) in [6.07, 6.45) is 1.33. The summed E-state index contributed by atoms with van der Waals surface area (Å²) >= 11 is 7.33. The molecule has 0 saturated carbocycles. The number of hydrogen-bond acceptors (Lipinski definition) is 6. The molecule has 0 bridgehead atoms. The Morgan fingerprint density at radius 3 is 2.45 bits per heavy atom. The minimum Gasteiger partial charge on any atom is -0.299 e. The van der Waals surface area contributed by atoms with Crippen LogP contribution in [0.25, 0.3) is 10.6 Å². The fourth-order valence-electron chi connectivity index (χ4n) is 3.13. The summed E-state index contributed by atoms with van der Waals surface area (Å²) in [5.41, 5.74) is 3.08. The minimum absolute atomic E-state index is 0.258. The van der Waals surface area contributed by atoms with E-state index in [0.717, 1.165) is 21.7 Å². The summed E-state index contributed by atoms with van der Waals surface area (Å²) in [6.45, 7) is 5.52. The fraction of sp³-hybridized carbons (Fsp3) is 0.286. The van der Waals surface area contributed by atoms with Gasteiger partial charge in [0, 0.05) is 10.6 Å². The lowest BCUT2D eigenvalue weighted by Crippen LogP contribution is -2.47. The lowest BCUT2D eigenvalue weighted by atomic mass is 10.1. The normalized spacial score (nSPS) is 12.4. The monoisotopic (exact) mass is 478 g/mol. The van der Waals surface area contributed by atoms with Crippen LogP contribution < -0.4 is 9.62 Å². The number of aryl methyl sites for hydroxylation is 2. The van der Waals surface area contributed by atoms with Crippen LogP contribution in [0.15, 0.2) is 42.5 Å². The van der Waals surface area contributed by atoms with Gasteiger partial charge in [-0.2, -0.15) is 0 Å². The second kappa shape index (κ2) is 9.33. The summed E-state index contributed by atoms with van der Waals surface area (Å²) in [4.78, 5) is 13.1. The molecule has 0 unspecified atom stereocenters. The number of anilines is 2. The van der Waals surface area contributed by atoms with Gasteiger partial charge in [0.2, 0.25) is 21.1 Å². The maximum Gasteiger partial charge on any atom is 0.250 e. The lowest BCUT2D eigenvalue weighted by Gasteiger charge is -2.31. The van der Waals surface area contributed by atoms with Crippen molar-refractivity contribution in [2.75, 3.05) is 15.9 Å². The molecule has 0 saturated heterocycles. The highest BCUT2D eigenvalue weighted by atomic mass is 35.5. The third-order valence-corrected chi connectivity index (χ3v) is 6.98. The van der Waals surface area contributed by atoms with Crippen LogP contribution in [0, 0.1) is 13.8 Å². The van der Waals surface area contributed by atoms with Gasteiger partial charge in [-0.15, -0.1) is 10.2 Å². The van der Waals surface area contributed by atoms with Gasteiger partial charge in [-0.25, -0.2) is 8.42 Å². The van der Waals surface area contributed by atoms with E-state index in [-0.39, 0.29) is 6.42 Å². The van der Waals surface area contributed by atoms with E-state index in [1.54, 1.807) is 32.0 Å². The van der Waals surface area contributed by atoms with Gasteiger partial charge in [-0.05, 0) is 38.0 Å². The molecule has 164 valence electrons. The van der Waals surface area contributed by atoms with Crippen LogP contribution in [0.5, 0.6) is 0 Å². The molecule has 1 N–H and O–H groups in total. The number of hydrogen-bond donors (Lipinski definition) is 1. The van der Waals surface area contributed by atoms with E-state index in [0.29, 0.717) is 26.4 Å². The molecule has 3 rings (SSSR count). The van der Waals surface area contributed by atoms with E-state index in [9.17, 15) is 13.2 Å². The zero-order chi connectivity index (χ0) is 22.8. The van der Waals surface area contributed by atoms with Gasteiger partial charge in [0.1, 0.15) is 11.0 Å². The fourth-order valence-corrected chi connectivity index (χ4v) is 5.31. The summed E-state index contributed by atoms with van der Waals surface area (Å²) < 4.78 is 26.4. The van der Waals surface area contributed by atoms with Crippen molar-refractivity contribution < 1.29 is 13.2 Å². The number of nitrogens with zero attached hydrogens (tertiary/aromatic N) is 3. The molecule has 0 spiro atoms. The SMILES string of the molecule is CC[C@H](C(=O)Nc1nnc(-c2ccc(C)cc2)s1)N(c1cc(Cl)ccc1C)S(C)(=O)=O. The summed E-state index contributed by atoms with van der Waals surface area (Å²) in [7, 11) is -3.77. The number of halogens is 1. The quantitative estimate of drug-likeness (QED) is 0.533. The molecule has 0 radical (unpaired) electrons. The van der Waals surface area contributed by atoms with Crippen LogP contribution in [-0.4, -0.2) is 36.8 Å². The number of nitrogens with one attached hydrogen (secondary N) is 1. The van der Waals surface area contributed by atoms with Gasteiger partial charge in [0.15, 0.2) is 0 Å². The van der Waals surface area contributed by atoms with Gasteiger partial charge < -0.3 is 0 Å². The second-order valence-corrected chi connectivity index (χ2v) is 10.5. The molecule has 1 heterocycles. The zero-order valence-corrected chi connectivity index (χ0v) is 20.0. The summed E-state index contributed by atoms with van der Waals surface area (Å²) in [5, 5.41) is 12.2. The Morgan fingerprint density at radius 2 is 1.84 bits per heavy atom. The minimum atomic E-state index is -3.77. The molecule has 1 aromatic heterocycles. The Balaban J connectivity index is 1.89. The standard InChI is InChI=1S/C21H23ClN4O3S2/c1-5-17(26(31(4,28)29)18-12-16(22)11-8-14(18)3)19(27)23-21-25-24-20(30-21)15-9-6-13(2)7-10-15/h6-12,17H,5H2,1-4H3,(H,23,25,27)/t17-/m1/s1. The summed E-state index contributed by atoms with van der Waals surface area (Å²) in [5.74, 6) is -0.487. The predicted molar refractivity (Wildman–Crippen MR) is 126 cm³/mol. The highest BCUT2D eigenvalue weighted by Crippen LogP contribution is 2.31. The Labute approximate surface area is 191 Å². The molecular weight excluding hydrogens is 456 g/mol. The maximum atomic E-state index is 13.1. The van der Waals surface area contributed by atoms with Crippen LogP contribution in [-0.2, 0) is 14.8 Å². The number of aromatic nitrogens is 2. The lowest BCUT2D eigenvalue weighted by molar-refractivity contribution is -0.117. The van der Waals surface area contributed by atoms with Crippen molar-refractivity contribution in [3.05, 3.63) is 58.6 Å². The maximum absolute atomic E-state index is 13.1. The van der Waals surface area contributed by atoms with Crippen molar-refractivity contribution in [1.82, 2.24) is 10.2 Å². The Hall–Kier alpha value is -2.49. The molecule has 0 fully saturated rings. The van der Waals surface area contributed by atoms with Gasteiger partial charge in [0.05, 0.1) is 11.9 Å². The molecule has 10 heteroatoms. The first-order valence-corrected chi connectivity index (χ1v) is 12.6. The number of amides is 1. The van der Waals surface area contributed by atoms with Gasteiger partial charge in [0.25, 0.3) is 0 Å². The van der Waals surface area contributed by atoms with E-state index in [1.807, 2.05) is 31.2 Å². The Kier molecular flexibility index (Phi) is 6.98. The molecule has 0 aliphatic carbocycles. The van der Waals surface area contributed by atoms with Crippen molar-refractivity contribution in [2.45, 2.75) is 33.2 Å². The number of carbonyl (C=O) groups is 1. The molecule has 1 atom stereocenters. The van der Waals surface area contributed by atoms with Crippen molar-refractivity contribution in [3.8, 4) is 10.6 Å². The first-order chi connectivity index (χ1) is 14.6. The number of sulfonamides is 1. The molecule has 2 aromatic carbocycles. The van der Waals surface area contributed by atoms with Crippen molar-refractivity contribution >= 4 is 49.7 Å². The molecular formula is C21H23ClN4O3S2. The average Bonchev–Trinajstić information content (AvgIpc) is 3.16. The largest absolute Gasteiger partial charge is 0.299 e. The first kappa shape index (κ1) is 23.2. The van der Waals surface area contributed by atoms with Crippen LogP contribution in [0.4, 0.5) is 10.8 Å². The average molecular weight is 479 g/mol. The van der Waals surface area contributed by atoms with Crippen LogP contribution in [0.3, 0.4) is 0 Å². The zero-order valence-electron chi connectivity index (χ0n) is 17.6. The summed E-state index contributed by atoms with van der Waals surface area (Å²) in [6, 6.07) is 11.8. The smallest absolute Gasteiger partial charge is 0.250 e. The Morgan fingerprint density at radius 1 is 1.16 bits per heavy atom. The third kappa shape index (κ3) is 5.41. The number of rotatable bonds is 7. The van der Waals surface area contributed by atoms with E-state index >= 15 is 0 Å². The van der Waals surface area contributed by atoms with E-state index in [4.69, 9.17) is 11.6 Å². The first-order valence-electron chi connectivity index (χ1n) is 9.57. The van der Waals surface area contributed by atoms with Crippen molar-refractivity contribution in [2.24, 2.45) is 0 Å². The third-order valence-electron chi connectivity index (χ3n) is 4.69. The number of carbonyl (C=O) groups excluding carboxylic acids is 1. The van der Waals surface area contributed by atoms with Crippen LogP contribution >= 0.6 is 22.9 Å². The molecule has 7 nitrogen and oxygen atoms in total. The van der Waals surface area contributed by atoms with Gasteiger partial charge >= 0.3 is 0 Å². The Bertz CT molecular complexity index is 1190. The predicted octanol–water partition coefficient (Wildman–Crippen LogP) is 4.66. The van der Waals surface area contributed by atoms with E-state index in [1.165, 1.54) is 11.3 Å². The highest BCUT2D eigenvalue weighted by molar-refractivity contribution is 7.92. The van der Waals surface area contributed by atoms with Gasteiger partial charge in [-0.1, -0.05) is 65.8 Å². The van der Waals surface area contributed by atoms with Gasteiger partial charge in [-0.3, -0.25) is 14.4 Å².